The fourth-order valence-corrected chi connectivity index (χ4v) is 3.00. The van der Waals surface area contributed by atoms with E-state index in [1.165, 1.54) is 12.1 Å². The lowest BCUT2D eigenvalue weighted by Gasteiger charge is -2.07. The van der Waals surface area contributed by atoms with Gasteiger partial charge >= 0.3 is 0 Å². The summed E-state index contributed by atoms with van der Waals surface area (Å²) in [5.74, 6) is -0.436. The Balaban J connectivity index is 1.84. The molecule has 0 fully saturated rings. The third-order valence-corrected chi connectivity index (χ3v) is 4.73. The first-order valence-corrected chi connectivity index (χ1v) is 8.06. The lowest BCUT2D eigenvalue weighted by Crippen LogP contribution is -2.14. The van der Waals surface area contributed by atoms with Crippen LogP contribution in [0.5, 0.6) is 0 Å². The van der Waals surface area contributed by atoms with Gasteiger partial charge in [-0.1, -0.05) is 22.0 Å². The number of benzene rings is 2. The maximum atomic E-state index is 13.5. The van der Waals surface area contributed by atoms with E-state index < -0.39 is 0 Å². The summed E-state index contributed by atoms with van der Waals surface area (Å²) in [6.07, 6.45) is 0.195. The van der Waals surface area contributed by atoms with Crippen LogP contribution in [0.3, 0.4) is 0 Å². The summed E-state index contributed by atoms with van der Waals surface area (Å²) in [7, 11) is 0. The van der Waals surface area contributed by atoms with E-state index in [2.05, 4.69) is 26.2 Å². The molecule has 23 heavy (non-hydrogen) atoms. The van der Waals surface area contributed by atoms with Gasteiger partial charge in [0.05, 0.1) is 6.42 Å². The number of aromatic nitrogens is 1. The minimum atomic E-state index is -0.305. The molecule has 0 spiro atoms. The van der Waals surface area contributed by atoms with E-state index in [4.69, 9.17) is 0 Å². The molecule has 1 aromatic heterocycles. The van der Waals surface area contributed by atoms with Crippen LogP contribution in [0.4, 0.5) is 10.1 Å². The minimum Gasteiger partial charge on any atom is -0.358 e. The average Bonchev–Trinajstić information content (AvgIpc) is 2.79. The van der Waals surface area contributed by atoms with E-state index in [9.17, 15) is 9.18 Å². The molecule has 118 valence electrons. The Kier molecular flexibility index (Phi) is 4.22. The number of hydrogen-bond donors (Lipinski definition) is 2. The monoisotopic (exact) mass is 374 g/mol. The summed E-state index contributed by atoms with van der Waals surface area (Å²) >= 11 is 3.45. The van der Waals surface area contributed by atoms with Crippen LogP contribution in [0.2, 0.25) is 0 Å². The number of halogens is 2. The molecule has 0 unspecified atom stereocenters. The van der Waals surface area contributed by atoms with Crippen molar-refractivity contribution in [2.75, 3.05) is 5.32 Å². The number of hydrogen-bond acceptors (Lipinski definition) is 1. The fourth-order valence-electron chi connectivity index (χ4n) is 2.62. The van der Waals surface area contributed by atoms with Crippen molar-refractivity contribution in [3.63, 3.8) is 0 Å². The summed E-state index contributed by atoms with van der Waals surface area (Å²) in [6.45, 7) is 3.88. The van der Waals surface area contributed by atoms with Gasteiger partial charge in [0.15, 0.2) is 0 Å². The van der Waals surface area contributed by atoms with Gasteiger partial charge < -0.3 is 10.3 Å². The third kappa shape index (κ3) is 3.29. The molecule has 3 nitrogen and oxygen atoms in total. The van der Waals surface area contributed by atoms with E-state index >= 15 is 0 Å². The standard InChI is InChI=1S/C18H16BrFN2O/c1-10-3-5-13(8-16(10)19)22-18(23)9-14-11(2)21-17-6-4-12(20)7-15(14)17/h3-8,21H,9H2,1-2H3,(H,22,23). The van der Waals surface area contributed by atoms with Gasteiger partial charge in [-0.3, -0.25) is 4.79 Å². The molecule has 3 rings (SSSR count). The Bertz CT molecular complexity index is 901. The number of H-pyrrole nitrogens is 1. The molecule has 3 aromatic rings. The second kappa shape index (κ2) is 6.16. The average molecular weight is 375 g/mol. The van der Waals surface area contributed by atoms with Crippen LogP contribution in [0.25, 0.3) is 10.9 Å². The van der Waals surface area contributed by atoms with Crippen LogP contribution in [0, 0.1) is 19.7 Å². The zero-order valence-electron chi connectivity index (χ0n) is 12.8. The molecule has 5 heteroatoms. The van der Waals surface area contributed by atoms with Crippen LogP contribution in [-0.4, -0.2) is 10.9 Å². The number of nitrogens with one attached hydrogen (secondary N) is 2. The van der Waals surface area contributed by atoms with Gasteiger partial charge in [0, 0.05) is 26.8 Å². The summed E-state index contributed by atoms with van der Waals surface area (Å²) in [6, 6.07) is 10.2. The van der Waals surface area contributed by atoms with Gasteiger partial charge in [0.25, 0.3) is 0 Å². The summed E-state index contributed by atoms with van der Waals surface area (Å²) < 4.78 is 14.4. The first-order valence-electron chi connectivity index (χ1n) is 7.27. The van der Waals surface area contributed by atoms with E-state index in [-0.39, 0.29) is 18.1 Å². The summed E-state index contributed by atoms with van der Waals surface area (Å²) in [5.41, 5.74) is 4.38. The zero-order valence-corrected chi connectivity index (χ0v) is 14.4. The van der Waals surface area contributed by atoms with Crippen molar-refractivity contribution < 1.29 is 9.18 Å². The largest absolute Gasteiger partial charge is 0.358 e. The number of anilines is 1. The van der Waals surface area contributed by atoms with Crippen molar-refractivity contribution in [1.29, 1.82) is 0 Å². The maximum absolute atomic E-state index is 13.5. The lowest BCUT2D eigenvalue weighted by molar-refractivity contribution is -0.115. The molecular formula is C18H16BrFN2O. The molecule has 0 bridgehead atoms. The van der Waals surface area contributed by atoms with E-state index in [1.807, 2.05) is 32.0 Å². The second-order valence-electron chi connectivity index (χ2n) is 5.61. The van der Waals surface area contributed by atoms with Crippen molar-refractivity contribution in [3.8, 4) is 0 Å². The smallest absolute Gasteiger partial charge is 0.228 e. The highest BCUT2D eigenvalue weighted by Gasteiger charge is 2.13. The van der Waals surface area contributed by atoms with Crippen molar-refractivity contribution in [2.24, 2.45) is 0 Å². The van der Waals surface area contributed by atoms with Crippen LogP contribution in [0.1, 0.15) is 16.8 Å². The second-order valence-corrected chi connectivity index (χ2v) is 6.46. The van der Waals surface area contributed by atoms with Crippen molar-refractivity contribution in [3.05, 3.63) is 63.5 Å². The normalized spacial score (nSPS) is 11.0. The predicted molar refractivity (Wildman–Crippen MR) is 94.2 cm³/mol. The molecular weight excluding hydrogens is 359 g/mol. The number of carbonyl (C=O) groups excluding carboxylic acids is 1. The molecule has 0 aliphatic carbocycles. The zero-order chi connectivity index (χ0) is 16.6. The summed E-state index contributed by atoms with van der Waals surface area (Å²) in [4.78, 5) is 15.5. The fraction of sp³-hybridized carbons (Fsp3) is 0.167. The number of aryl methyl sites for hydroxylation is 2. The minimum absolute atomic E-state index is 0.131. The maximum Gasteiger partial charge on any atom is 0.228 e. The Labute approximate surface area is 142 Å². The first-order chi connectivity index (χ1) is 10.9. The number of fused-ring (bicyclic) bond motifs is 1. The molecule has 0 aliphatic heterocycles. The molecule has 2 aromatic carbocycles. The Hall–Kier alpha value is -2.14. The molecule has 0 aliphatic rings. The highest BCUT2D eigenvalue weighted by molar-refractivity contribution is 9.10. The molecule has 2 N–H and O–H groups in total. The van der Waals surface area contributed by atoms with Crippen molar-refractivity contribution in [1.82, 2.24) is 4.98 Å². The molecule has 1 heterocycles. The quantitative estimate of drug-likeness (QED) is 0.674. The number of amides is 1. The molecule has 0 radical (unpaired) electrons. The number of rotatable bonds is 3. The van der Waals surface area contributed by atoms with Crippen molar-refractivity contribution >= 4 is 38.4 Å². The number of carbonyl (C=O) groups is 1. The Morgan fingerprint density at radius 2 is 2.00 bits per heavy atom. The highest BCUT2D eigenvalue weighted by atomic mass is 79.9. The van der Waals surface area contributed by atoms with E-state index in [0.717, 1.165) is 37.9 Å². The van der Waals surface area contributed by atoms with Gasteiger partial charge in [-0.15, -0.1) is 0 Å². The van der Waals surface area contributed by atoms with Gasteiger partial charge in [0.2, 0.25) is 5.91 Å². The molecule has 1 amide bonds. The van der Waals surface area contributed by atoms with Crippen LogP contribution in [-0.2, 0) is 11.2 Å². The number of aromatic amines is 1. The topological polar surface area (TPSA) is 44.9 Å². The van der Waals surface area contributed by atoms with E-state index in [1.54, 1.807) is 6.07 Å². The van der Waals surface area contributed by atoms with Crippen molar-refractivity contribution in [2.45, 2.75) is 20.3 Å². The SMILES string of the molecule is Cc1ccc(NC(=O)Cc2c(C)[nH]c3ccc(F)cc23)cc1Br. The Morgan fingerprint density at radius 3 is 2.74 bits per heavy atom. The first kappa shape index (κ1) is 15.7. The van der Waals surface area contributed by atoms with E-state index in [0.29, 0.717) is 0 Å². The molecule has 0 saturated carbocycles. The van der Waals surface area contributed by atoms with Gasteiger partial charge in [-0.2, -0.15) is 0 Å². The molecule has 0 atom stereocenters. The summed E-state index contributed by atoms with van der Waals surface area (Å²) in [5, 5.41) is 3.63. The van der Waals surface area contributed by atoms with Crippen LogP contribution >= 0.6 is 15.9 Å². The van der Waals surface area contributed by atoms with Gasteiger partial charge in [-0.25, -0.2) is 4.39 Å². The van der Waals surface area contributed by atoms with Crippen LogP contribution < -0.4 is 5.32 Å². The van der Waals surface area contributed by atoms with Gasteiger partial charge in [0.1, 0.15) is 5.82 Å². The lowest BCUT2D eigenvalue weighted by atomic mass is 10.1. The van der Waals surface area contributed by atoms with Crippen LogP contribution in [0.15, 0.2) is 40.9 Å². The predicted octanol–water partition coefficient (Wildman–Crippen LogP) is 4.87. The molecule has 0 saturated heterocycles. The highest BCUT2D eigenvalue weighted by Crippen LogP contribution is 2.25. The van der Waals surface area contributed by atoms with Gasteiger partial charge in [-0.05, 0) is 55.3 Å². The Morgan fingerprint density at radius 1 is 1.22 bits per heavy atom. The third-order valence-electron chi connectivity index (χ3n) is 3.87.